The number of carbonyl (C=O) groups excluding carboxylic acids is 2. The Morgan fingerprint density at radius 2 is 1.51 bits per heavy atom. The second-order valence-electron chi connectivity index (χ2n) is 13.6. The maximum absolute atomic E-state index is 14.0. The molecule has 13 nitrogen and oxygen atoms in total. The minimum absolute atomic E-state index is 0.0442. The SMILES string of the molecule is COc1cc(C2C3=C(CC(C)(C)CC3=O)N(CCC(=O)O)C3=C2C(=O)CC(C)(C)C3)cc(Br)c1Oc1ccc([N+](=O)[O-])cc1[N+](=O)[O-]. The van der Waals surface area contributed by atoms with Crippen LogP contribution in [-0.2, 0) is 14.4 Å². The molecule has 0 bridgehead atoms. The number of nitro groups is 2. The molecule has 0 unspecified atom stereocenters. The molecule has 3 aliphatic rings. The van der Waals surface area contributed by atoms with Crippen molar-refractivity contribution in [1.82, 2.24) is 4.90 Å². The summed E-state index contributed by atoms with van der Waals surface area (Å²) in [6.07, 6.45) is 1.29. The van der Waals surface area contributed by atoms with Gasteiger partial charge in [-0.15, -0.1) is 0 Å². The lowest BCUT2D eigenvalue weighted by Gasteiger charge is -2.49. The van der Waals surface area contributed by atoms with Crippen LogP contribution >= 0.6 is 15.9 Å². The zero-order valence-electron chi connectivity index (χ0n) is 26.5. The predicted molar refractivity (Wildman–Crippen MR) is 172 cm³/mol. The van der Waals surface area contributed by atoms with E-state index < -0.39 is 43.9 Å². The largest absolute Gasteiger partial charge is 0.493 e. The molecule has 2 aromatic rings. The van der Waals surface area contributed by atoms with E-state index in [1.165, 1.54) is 7.11 Å². The van der Waals surface area contributed by atoms with Crippen molar-refractivity contribution >= 4 is 44.8 Å². The predicted octanol–water partition coefficient (Wildman–Crippen LogP) is 7.23. The molecule has 248 valence electrons. The number of rotatable bonds is 9. The lowest BCUT2D eigenvalue weighted by atomic mass is 9.63. The van der Waals surface area contributed by atoms with Crippen molar-refractivity contribution in [1.29, 1.82) is 0 Å². The summed E-state index contributed by atoms with van der Waals surface area (Å²) in [5.41, 5.74) is 0.934. The molecule has 0 radical (unpaired) electrons. The van der Waals surface area contributed by atoms with Gasteiger partial charge in [-0.3, -0.25) is 34.6 Å². The molecule has 5 rings (SSSR count). The van der Waals surface area contributed by atoms with Crippen molar-refractivity contribution in [2.75, 3.05) is 13.7 Å². The number of benzene rings is 2. The standard InChI is InChI=1S/C33H34BrN3O10/c1-32(2)13-21-29(23(38)15-32)28(30-22(35(21)9-8-27(40)41)14-33(3,4)16-24(30)39)17-10-19(34)31(26(11-17)46-5)47-25-7-6-18(36(42)43)12-20(25)37(44)45/h6-7,10-12,28H,8-9,13-16H2,1-5H3,(H,40,41). The van der Waals surface area contributed by atoms with Crippen LogP contribution in [0.2, 0.25) is 0 Å². The van der Waals surface area contributed by atoms with Gasteiger partial charge in [0.15, 0.2) is 23.1 Å². The van der Waals surface area contributed by atoms with E-state index in [-0.39, 0.29) is 54.6 Å². The molecule has 0 saturated heterocycles. The van der Waals surface area contributed by atoms with Gasteiger partial charge in [0, 0.05) is 53.9 Å². The first-order valence-electron chi connectivity index (χ1n) is 14.9. The number of hydrogen-bond donors (Lipinski definition) is 1. The van der Waals surface area contributed by atoms with Crippen LogP contribution in [-0.4, -0.2) is 51.0 Å². The fraction of sp³-hybridized carbons (Fsp3) is 0.424. The number of Topliss-reactive ketones (excluding diaryl/α,β-unsaturated/α-hetero) is 2. The molecule has 2 aromatic carbocycles. The third kappa shape index (κ3) is 6.51. The van der Waals surface area contributed by atoms with E-state index in [0.29, 0.717) is 45.4 Å². The Morgan fingerprint density at radius 1 is 0.936 bits per heavy atom. The highest BCUT2D eigenvalue weighted by molar-refractivity contribution is 9.10. The summed E-state index contributed by atoms with van der Waals surface area (Å²) in [7, 11) is 1.37. The number of carbonyl (C=O) groups is 3. The summed E-state index contributed by atoms with van der Waals surface area (Å²) in [5, 5.41) is 32.6. The van der Waals surface area contributed by atoms with Gasteiger partial charge in [-0.1, -0.05) is 27.7 Å². The lowest BCUT2D eigenvalue weighted by Crippen LogP contribution is -2.45. The molecule has 1 aliphatic heterocycles. The minimum Gasteiger partial charge on any atom is -0.493 e. The van der Waals surface area contributed by atoms with E-state index in [4.69, 9.17) is 9.47 Å². The Morgan fingerprint density at radius 3 is 2.00 bits per heavy atom. The Balaban J connectivity index is 1.70. The van der Waals surface area contributed by atoms with Gasteiger partial charge in [-0.05, 0) is 63.4 Å². The molecule has 14 heteroatoms. The molecule has 1 N–H and O–H groups in total. The number of ether oxygens (including phenoxy) is 2. The quantitative estimate of drug-likeness (QED) is 0.205. The number of allylic oxidation sites excluding steroid dienone is 4. The smallest absolute Gasteiger partial charge is 0.318 e. The number of carboxylic acid groups (broad SMARTS) is 1. The molecule has 2 aliphatic carbocycles. The number of nitro benzene ring substituents is 2. The van der Waals surface area contributed by atoms with Crippen LogP contribution in [0.25, 0.3) is 0 Å². The van der Waals surface area contributed by atoms with Crippen LogP contribution in [0.1, 0.15) is 71.3 Å². The molecule has 0 aromatic heterocycles. The summed E-state index contributed by atoms with van der Waals surface area (Å²) in [6.45, 7) is 8.06. The third-order valence-electron chi connectivity index (χ3n) is 8.72. The highest BCUT2D eigenvalue weighted by Crippen LogP contribution is 2.56. The van der Waals surface area contributed by atoms with Gasteiger partial charge >= 0.3 is 11.7 Å². The molecular formula is C33H34BrN3O10. The molecule has 1 heterocycles. The van der Waals surface area contributed by atoms with Crippen molar-refractivity contribution in [3.63, 3.8) is 0 Å². The van der Waals surface area contributed by atoms with E-state index in [1.807, 2.05) is 32.6 Å². The van der Waals surface area contributed by atoms with Crippen LogP contribution < -0.4 is 9.47 Å². The van der Waals surface area contributed by atoms with Gasteiger partial charge in [0.1, 0.15) is 0 Å². The first-order valence-corrected chi connectivity index (χ1v) is 15.7. The number of nitrogens with zero attached hydrogens (tertiary/aromatic N) is 3. The molecule has 0 saturated carbocycles. The average molecular weight is 713 g/mol. The van der Waals surface area contributed by atoms with E-state index in [2.05, 4.69) is 15.9 Å². The Hall–Kier alpha value is -4.59. The summed E-state index contributed by atoms with van der Waals surface area (Å²) in [4.78, 5) is 63.1. The molecule has 47 heavy (non-hydrogen) atoms. The van der Waals surface area contributed by atoms with Crippen molar-refractivity contribution in [2.45, 2.75) is 65.7 Å². The first-order chi connectivity index (χ1) is 21.9. The number of carboxylic acids is 1. The number of methoxy groups -OCH3 is 1. The van der Waals surface area contributed by atoms with E-state index in [0.717, 1.165) is 18.2 Å². The molecule has 0 atom stereocenters. The highest BCUT2D eigenvalue weighted by Gasteiger charge is 2.49. The topological polar surface area (TPSA) is 179 Å². The maximum Gasteiger partial charge on any atom is 0.318 e. The van der Waals surface area contributed by atoms with Crippen molar-refractivity contribution in [2.24, 2.45) is 10.8 Å². The van der Waals surface area contributed by atoms with Crippen LogP contribution in [0, 0.1) is 31.1 Å². The van der Waals surface area contributed by atoms with Gasteiger partial charge in [-0.25, -0.2) is 0 Å². The third-order valence-corrected chi connectivity index (χ3v) is 9.31. The monoisotopic (exact) mass is 711 g/mol. The first kappa shape index (κ1) is 33.8. The van der Waals surface area contributed by atoms with Gasteiger partial charge in [-0.2, -0.15) is 0 Å². The van der Waals surface area contributed by atoms with Crippen LogP contribution in [0.4, 0.5) is 11.4 Å². The van der Waals surface area contributed by atoms with Gasteiger partial charge in [0.2, 0.25) is 5.75 Å². The average Bonchev–Trinajstić information content (AvgIpc) is 2.95. The minimum atomic E-state index is -0.989. The second-order valence-corrected chi connectivity index (χ2v) is 14.5. The number of non-ortho nitro benzene ring substituents is 1. The van der Waals surface area contributed by atoms with Crippen LogP contribution in [0.3, 0.4) is 0 Å². The van der Waals surface area contributed by atoms with Gasteiger partial charge in [0.05, 0.1) is 33.9 Å². The fourth-order valence-corrected chi connectivity index (χ4v) is 7.36. The number of aliphatic carboxylic acids is 1. The molecule has 0 fully saturated rings. The molecule has 0 spiro atoms. The summed E-state index contributed by atoms with van der Waals surface area (Å²) < 4.78 is 11.9. The van der Waals surface area contributed by atoms with E-state index in [9.17, 15) is 39.7 Å². The summed E-state index contributed by atoms with van der Waals surface area (Å²) >= 11 is 3.50. The lowest BCUT2D eigenvalue weighted by molar-refractivity contribution is -0.394. The number of hydrogen-bond acceptors (Lipinski definition) is 10. The maximum atomic E-state index is 14.0. The van der Waals surface area contributed by atoms with E-state index in [1.54, 1.807) is 12.1 Å². The van der Waals surface area contributed by atoms with Crippen molar-refractivity contribution < 1.29 is 38.8 Å². The normalized spacial score (nSPS) is 18.9. The zero-order valence-corrected chi connectivity index (χ0v) is 28.1. The zero-order chi connectivity index (χ0) is 34.6. The number of ketones is 2. The summed E-state index contributed by atoms with van der Waals surface area (Å²) in [5.74, 6) is -2.12. The Kier molecular flexibility index (Phi) is 8.77. The van der Waals surface area contributed by atoms with E-state index >= 15 is 0 Å². The van der Waals surface area contributed by atoms with Crippen molar-refractivity contribution in [3.8, 4) is 17.2 Å². The van der Waals surface area contributed by atoms with Gasteiger partial charge in [0.25, 0.3) is 5.69 Å². The summed E-state index contributed by atoms with van der Waals surface area (Å²) in [6, 6.07) is 6.30. The van der Waals surface area contributed by atoms with Crippen LogP contribution in [0.5, 0.6) is 17.2 Å². The Bertz CT molecular complexity index is 1760. The van der Waals surface area contributed by atoms with Crippen molar-refractivity contribution in [3.05, 3.63) is 83.1 Å². The Labute approximate surface area is 278 Å². The fourth-order valence-electron chi connectivity index (χ4n) is 6.82. The highest BCUT2D eigenvalue weighted by atomic mass is 79.9. The van der Waals surface area contributed by atoms with Gasteiger partial charge < -0.3 is 19.5 Å². The molecular weight excluding hydrogens is 678 g/mol. The number of halogens is 1. The molecule has 0 amide bonds. The second kappa shape index (κ2) is 12.2. The van der Waals surface area contributed by atoms with Crippen LogP contribution in [0.15, 0.2) is 57.3 Å².